The summed E-state index contributed by atoms with van der Waals surface area (Å²) in [5.74, 6) is 0.685. The minimum atomic E-state index is -0.283. The largest absolute Gasteiger partial charge is 0.392 e. The fourth-order valence-electron chi connectivity index (χ4n) is 1.52. The van der Waals surface area contributed by atoms with Crippen LogP contribution in [0.4, 0.5) is 0 Å². The van der Waals surface area contributed by atoms with Gasteiger partial charge in [-0.15, -0.1) is 0 Å². The van der Waals surface area contributed by atoms with Gasteiger partial charge in [0.05, 0.1) is 6.10 Å². The Morgan fingerprint density at radius 1 is 1.40 bits per heavy atom. The maximum atomic E-state index is 9.23. The highest BCUT2D eigenvalue weighted by Crippen LogP contribution is 2.02. The number of nitrogens with zero attached hydrogens (tertiary/aromatic N) is 1. The smallest absolute Gasteiger partial charge is 0.0690 e. The zero-order valence-electron chi connectivity index (χ0n) is 9.90. The highest BCUT2D eigenvalue weighted by Gasteiger charge is 2.00. The molecule has 15 heavy (non-hydrogen) atoms. The SMILES string of the molecule is CC(C)CNCc1ccn(CC(C)O)c1. The Morgan fingerprint density at radius 3 is 2.73 bits per heavy atom. The first-order valence-electron chi connectivity index (χ1n) is 5.61. The van der Waals surface area contributed by atoms with E-state index in [2.05, 4.69) is 31.4 Å². The lowest BCUT2D eigenvalue weighted by Gasteiger charge is -2.06. The molecular weight excluding hydrogens is 188 g/mol. The van der Waals surface area contributed by atoms with Crippen LogP contribution in [0.1, 0.15) is 26.3 Å². The van der Waals surface area contributed by atoms with Gasteiger partial charge in [-0.2, -0.15) is 0 Å². The summed E-state index contributed by atoms with van der Waals surface area (Å²) in [6.07, 6.45) is 3.81. The molecule has 1 rings (SSSR count). The summed E-state index contributed by atoms with van der Waals surface area (Å²) in [4.78, 5) is 0. The highest BCUT2D eigenvalue weighted by molar-refractivity contribution is 5.09. The molecule has 0 bridgehead atoms. The number of aliphatic hydroxyl groups excluding tert-OH is 1. The summed E-state index contributed by atoms with van der Waals surface area (Å²) < 4.78 is 2.02. The lowest BCUT2D eigenvalue weighted by molar-refractivity contribution is 0.173. The minimum Gasteiger partial charge on any atom is -0.392 e. The summed E-state index contributed by atoms with van der Waals surface area (Å²) >= 11 is 0. The van der Waals surface area contributed by atoms with Crippen molar-refractivity contribution in [3.63, 3.8) is 0 Å². The minimum absolute atomic E-state index is 0.283. The van der Waals surface area contributed by atoms with E-state index in [9.17, 15) is 5.11 Å². The number of hydrogen-bond acceptors (Lipinski definition) is 2. The highest BCUT2D eigenvalue weighted by atomic mass is 16.3. The van der Waals surface area contributed by atoms with Crippen LogP contribution in [0.15, 0.2) is 18.5 Å². The topological polar surface area (TPSA) is 37.2 Å². The van der Waals surface area contributed by atoms with E-state index in [1.165, 1.54) is 5.56 Å². The normalized spacial score (nSPS) is 13.4. The molecule has 3 heteroatoms. The molecule has 0 spiro atoms. The molecule has 0 fully saturated rings. The van der Waals surface area contributed by atoms with Gasteiger partial charge >= 0.3 is 0 Å². The van der Waals surface area contributed by atoms with Gasteiger partial charge < -0.3 is 15.0 Å². The summed E-state index contributed by atoms with van der Waals surface area (Å²) in [7, 11) is 0. The number of aliphatic hydroxyl groups is 1. The van der Waals surface area contributed by atoms with Crippen molar-refractivity contribution in [1.29, 1.82) is 0 Å². The van der Waals surface area contributed by atoms with Crippen molar-refractivity contribution in [2.24, 2.45) is 5.92 Å². The van der Waals surface area contributed by atoms with E-state index in [-0.39, 0.29) is 6.10 Å². The summed E-state index contributed by atoms with van der Waals surface area (Å²) in [5, 5.41) is 12.6. The molecule has 1 aromatic heterocycles. The molecule has 1 heterocycles. The van der Waals surface area contributed by atoms with Crippen LogP contribution in [0.25, 0.3) is 0 Å². The number of hydrogen-bond donors (Lipinski definition) is 2. The second-order valence-electron chi connectivity index (χ2n) is 4.59. The first-order valence-corrected chi connectivity index (χ1v) is 5.61. The molecule has 2 N–H and O–H groups in total. The zero-order valence-corrected chi connectivity index (χ0v) is 9.90. The Labute approximate surface area is 92.1 Å². The zero-order chi connectivity index (χ0) is 11.3. The molecule has 1 atom stereocenters. The molecule has 0 aromatic carbocycles. The van der Waals surface area contributed by atoms with Gasteiger partial charge in [-0.25, -0.2) is 0 Å². The van der Waals surface area contributed by atoms with Crippen LogP contribution in [0.2, 0.25) is 0 Å². The quantitative estimate of drug-likeness (QED) is 0.748. The lowest BCUT2D eigenvalue weighted by atomic mass is 10.2. The van der Waals surface area contributed by atoms with E-state index >= 15 is 0 Å². The molecule has 1 unspecified atom stereocenters. The molecule has 0 saturated carbocycles. The van der Waals surface area contributed by atoms with Crippen LogP contribution < -0.4 is 5.32 Å². The third kappa shape index (κ3) is 5.00. The van der Waals surface area contributed by atoms with Crippen molar-refractivity contribution in [2.75, 3.05) is 6.54 Å². The first kappa shape index (κ1) is 12.3. The van der Waals surface area contributed by atoms with Gasteiger partial charge in [-0.1, -0.05) is 13.8 Å². The van der Waals surface area contributed by atoms with Gasteiger partial charge in [0.25, 0.3) is 0 Å². The Bertz CT molecular complexity index is 279. The second kappa shape index (κ2) is 5.93. The number of nitrogens with one attached hydrogen (secondary N) is 1. The average molecular weight is 210 g/mol. The number of aromatic nitrogens is 1. The first-order chi connectivity index (χ1) is 7.08. The maximum Gasteiger partial charge on any atom is 0.0690 e. The molecule has 0 amide bonds. The number of rotatable bonds is 6. The molecule has 0 aliphatic heterocycles. The fourth-order valence-corrected chi connectivity index (χ4v) is 1.52. The predicted octanol–water partition coefficient (Wildman–Crippen LogP) is 1.61. The van der Waals surface area contributed by atoms with E-state index in [0.717, 1.165) is 13.1 Å². The average Bonchev–Trinajstić information content (AvgIpc) is 2.50. The van der Waals surface area contributed by atoms with Gasteiger partial charge in [0.1, 0.15) is 0 Å². The van der Waals surface area contributed by atoms with Crippen molar-refractivity contribution >= 4 is 0 Å². The van der Waals surface area contributed by atoms with E-state index in [4.69, 9.17) is 0 Å². The molecular formula is C12H22N2O. The van der Waals surface area contributed by atoms with Crippen molar-refractivity contribution in [2.45, 2.75) is 40.0 Å². The van der Waals surface area contributed by atoms with Gasteiger partial charge in [0, 0.05) is 25.5 Å². The van der Waals surface area contributed by atoms with Crippen molar-refractivity contribution in [3.05, 3.63) is 24.0 Å². The summed E-state index contributed by atoms with van der Waals surface area (Å²) in [6.45, 7) is 8.82. The van der Waals surface area contributed by atoms with Crippen molar-refractivity contribution in [3.8, 4) is 0 Å². The molecule has 0 saturated heterocycles. The molecule has 0 radical (unpaired) electrons. The fraction of sp³-hybridized carbons (Fsp3) is 0.667. The summed E-state index contributed by atoms with van der Waals surface area (Å²) in [6, 6.07) is 2.09. The third-order valence-corrected chi connectivity index (χ3v) is 2.17. The Kier molecular flexibility index (Phi) is 4.85. The van der Waals surface area contributed by atoms with Crippen LogP contribution >= 0.6 is 0 Å². The van der Waals surface area contributed by atoms with Crippen LogP contribution in [0.3, 0.4) is 0 Å². The van der Waals surface area contributed by atoms with E-state index < -0.39 is 0 Å². The maximum absolute atomic E-state index is 9.23. The molecule has 3 nitrogen and oxygen atoms in total. The van der Waals surface area contributed by atoms with Gasteiger partial charge in [-0.05, 0) is 31.0 Å². The van der Waals surface area contributed by atoms with Gasteiger partial charge in [-0.3, -0.25) is 0 Å². The van der Waals surface area contributed by atoms with Gasteiger partial charge in [0.2, 0.25) is 0 Å². The molecule has 0 aliphatic rings. The Balaban J connectivity index is 2.33. The third-order valence-electron chi connectivity index (χ3n) is 2.17. The van der Waals surface area contributed by atoms with E-state index in [1.54, 1.807) is 6.92 Å². The monoisotopic (exact) mass is 210 g/mol. The van der Waals surface area contributed by atoms with Gasteiger partial charge in [0.15, 0.2) is 0 Å². The van der Waals surface area contributed by atoms with Crippen LogP contribution in [0.5, 0.6) is 0 Å². The standard InChI is InChI=1S/C12H22N2O/c1-10(2)6-13-7-12-4-5-14(9-12)8-11(3)15/h4-5,9-11,13,15H,6-8H2,1-3H3. The van der Waals surface area contributed by atoms with Crippen LogP contribution in [-0.2, 0) is 13.1 Å². The molecule has 1 aromatic rings. The summed E-state index contributed by atoms with van der Waals surface area (Å²) in [5.41, 5.74) is 1.27. The van der Waals surface area contributed by atoms with Crippen molar-refractivity contribution < 1.29 is 5.11 Å². The Hall–Kier alpha value is -0.800. The molecule has 86 valence electrons. The van der Waals surface area contributed by atoms with E-state index in [0.29, 0.717) is 12.5 Å². The van der Waals surface area contributed by atoms with E-state index in [1.807, 2.05) is 10.8 Å². The van der Waals surface area contributed by atoms with Crippen LogP contribution in [-0.4, -0.2) is 22.3 Å². The lowest BCUT2D eigenvalue weighted by Crippen LogP contribution is -2.18. The second-order valence-corrected chi connectivity index (χ2v) is 4.59. The Morgan fingerprint density at radius 2 is 2.13 bits per heavy atom. The predicted molar refractivity (Wildman–Crippen MR) is 62.7 cm³/mol. The van der Waals surface area contributed by atoms with Crippen molar-refractivity contribution in [1.82, 2.24) is 9.88 Å². The van der Waals surface area contributed by atoms with Crippen LogP contribution in [0, 0.1) is 5.92 Å². The molecule has 0 aliphatic carbocycles.